The predicted molar refractivity (Wildman–Crippen MR) is 133 cm³/mol. The van der Waals surface area contributed by atoms with Gasteiger partial charge in [-0.3, -0.25) is 18.9 Å². The van der Waals surface area contributed by atoms with Crippen LogP contribution in [0.1, 0.15) is 31.9 Å². The van der Waals surface area contributed by atoms with Gasteiger partial charge < -0.3 is 19.9 Å². The van der Waals surface area contributed by atoms with Crippen molar-refractivity contribution >= 4 is 17.4 Å². The number of pyridine rings is 1. The molecule has 1 saturated carbocycles. The van der Waals surface area contributed by atoms with Crippen molar-refractivity contribution in [3.8, 4) is 11.5 Å². The molecule has 2 N–H and O–H groups in total. The quantitative estimate of drug-likeness (QED) is 0.237. The Balaban J connectivity index is 1.67. The fourth-order valence-electron chi connectivity index (χ4n) is 3.72. The van der Waals surface area contributed by atoms with Crippen molar-refractivity contribution in [2.45, 2.75) is 51.2 Å². The molecular weight excluding hydrogens is 526 g/mol. The van der Waals surface area contributed by atoms with Crippen molar-refractivity contribution in [3.05, 3.63) is 74.9 Å². The van der Waals surface area contributed by atoms with Crippen LogP contribution in [-0.4, -0.2) is 37.1 Å². The third-order valence-corrected chi connectivity index (χ3v) is 5.95. The zero-order chi connectivity index (χ0) is 28.4. The first kappa shape index (κ1) is 27.8. The molecule has 14 heteroatoms. The van der Waals surface area contributed by atoms with E-state index in [1.807, 2.05) is 0 Å². The van der Waals surface area contributed by atoms with E-state index in [2.05, 4.69) is 20.0 Å². The number of aliphatic imine (C=N–C) groups is 1. The summed E-state index contributed by atoms with van der Waals surface area (Å²) in [5.41, 5.74) is -2.00. The molecular formula is C25H25F4N5O5. The fourth-order valence-corrected chi connectivity index (χ4v) is 3.72. The van der Waals surface area contributed by atoms with Crippen molar-refractivity contribution in [2.75, 3.05) is 5.32 Å². The Hall–Kier alpha value is -4.20. The molecule has 1 fully saturated rings. The summed E-state index contributed by atoms with van der Waals surface area (Å²) < 4.78 is 62.5. The van der Waals surface area contributed by atoms with Gasteiger partial charge in [0.2, 0.25) is 0 Å². The molecule has 0 atom stereocenters. The van der Waals surface area contributed by atoms with Gasteiger partial charge in [0.05, 0.1) is 24.0 Å². The van der Waals surface area contributed by atoms with Gasteiger partial charge in [0.1, 0.15) is 23.0 Å². The Morgan fingerprint density at radius 2 is 1.92 bits per heavy atom. The molecule has 2 aromatic heterocycles. The highest BCUT2D eigenvalue weighted by atomic mass is 19.4. The van der Waals surface area contributed by atoms with E-state index in [4.69, 9.17) is 4.74 Å². The summed E-state index contributed by atoms with van der Waals surface area (Å²) in [5.74, 6) is -1.28. The second-order valence-corrected chi connectivity index (χ2v) is 9.05. The van der Waals surface area contributed by atoms with E-state index in [1.165, 1.54) is 38.2 Å². The van der Waals surface area contributed by atoms with Gasteiger partial charge in [-0.15, -0.1) is 13.2 Å². The van der Waals surface area contributed by atoms with E-state index in [0.717, 1.165) is 27.5 Å². The maximum absolute atomic E-state index is 13.4. The smallest absolute Gasteiger partial charge is 0.443 e. The van der Waals surface area contributed by atoms with Crippen LogP contribution in [0.25, 0.3) is 0 Å². The predicted octanol–water partition coefficient (Wildman–Crippen LogP) is 3.64. The average molecular weight is 551 g/mol. The second-order valence-electron chi connectivity index (χ2n) is 9.05. The Morgan fingerprint density at radius 1 is 1.21 bits per heavy atom. The van der Waals surface area contributed by atoms with Crippen LogP contribution < -0.4 is 26.0 Å². The second kappa shape index (κ2) is 10.9. The number of rotatable bonds is 9. The third-order valence-electron chi connectivity index (χ3n) is 5.95. The Kier molecular flexibility index (Phi) is 7.77. The summed E-state index contributed by atoms with van der Waals surface area (Å²) in [6, 6.07) is 7.38. The highest BCUT2D eigenvalue weighted by Crippen LogP contribution is 2.38. The number of anilines is 1. The largest absolute Gasteiger partial charge is 0.573 e. The van der Waals surface area contributed by atoms with Crippen LogP contribution in [-0.2, 0) is 20.1 Å². The van der Waals surface area contributed by atoms with Crippen LogP contribution in [0.3, 0.4) is 0 Å². The molecule has 0 spiro atoms. The summed E-state index contributed by atoms with van der Waals surface area (Å²) in [6.45, 7) is 1.34. The van der Waals surface area contributed by atoms with Crippen LogP contribution in [0.4, 0.5) is 29.1 Å². The Bertz CT molecular complexity index is 1490. The molecule has 2 heterocycles. The van der Waals surface area contributed by atoms with Gasteiger partial charge in [-0.2, -0.15) is 4.99 Å². The average Bonchev–Trinajstić information content (AvgIpc) is 3.59. The van der Waals surface area contributed by atoms with E-state index in [-0.39, 0.29) is 42.7 Å². The summed E-state index contributed by atoms with van der Waals surface area (Å²) in [6.07, 6.45) is -2.50. The topological polar surface area (TPSA) is 120 Å². The van der Waals surface area contributed by atoms with Crippen LogP contribution in [0.5, 0.6) is 11.5 Å². The Morgan fingerprint density at radius 3 is 2.56 bits per heavy atom. The van der Waals surface area contributed by atoms with E-state index in [9.17, 15) is 32.3 Å². The van der Waals surface area contributed by atoms with Crippen molar-refractivity contribution in [2.24, 2.45) is 12.0 Å². The number of nitrogens with one attached hydrogen (secondary N) is 1. The van der Waals surface area contributed by atoms with E-state index < -0.39 is 34.8 Å². The number of nitrogens with zero attached hydrogens (tertiary/aromatic N) is 4. The van der Waals surface area contributed by atoms with Crippen LogP contribution in [0.15, 0.2) is 57.2 Å². The highest BCUT2D eigenvalue weighted by Gasteiger charge is 2.40. The first-order valence-corrected chi connectivity index (χ1v) is 11.8. The number of ether oxygens (including phenoxy) is 2. The van der Waals surface area contributed by atoms with E-state index >= 15 is 0 Å². The monoisotopic (exact) mass is 551 g/mol. The molecule has 0 aliphatic heterocycles. The number of hydrogen-bond donors (Lipinski definition) is 2. The van der Waals surface area contributed by atoms with Crippen LogP contribution in [0, 0.1) is 5.82 Å². The minimum atomic E-state index is -4.89. The molecule has 0 bridgehead atoms. The molecule has 1 aliphatic rings. The SMILES string of the molecule is CC(=Nc1c(NCc2ccc(F)cn2)c(=O)n(CCC2(O)CC2)c(=O)n1C)Oc1cccc(OC(F)(F)F)c1. The maximum Gasteiger partial charge on any atom is 0.573 e. The lowest BCUT2D eigenvalue weighted by molar-refractivity contribution is -0.274. The van der Waals surface area contributed by atoms with Gasteiger partial charge in [-0.25, -0.2) is 9.18 Å². The molecule has 10 nitrogen and oxygen atoms in total. The number of aliphatic hydroxyl groups is 1. The van der Waals surface area contributed by atoms with Gasteiger partial charge in [0, 0.05) is 26.6 Å². The third kappa shape index (κ3) is 7.22. The minimum Gasteiger partial charge on any atom is -0.443 e. The van der Waals surface area contributed by atoms with Crippen LogP contribution >= 0.6 is 0 Å². The number of halogens is 4. The molecule has 1 aromatic carbocycles. The van der Waals surface area contributed by atoms with Crippen molar-refractivity contribution < 1.29 is 32.1 Å². The van der Waals surface area contributed by atoms with Gasteiger partial charge in [-0.1, -0.05) is 6.07 Å². The van der Waals surface area contributed by atoms with Gasteiger partial charge in [0.25, 0.3) is 5.56 Å². The summed E-state index contributed by atoms with van der Waals surface area (Å²) >= 11 is 0. The zero-order valence-electron chi connectivity index (χ0n) is 21.0. The summed E-state index contributed by atoms with van der Waals surface area (Å²) in [7, 11) is 1.38. The number of aromatic nitrogens is 3. The lowest BCUT2D eigenvalue weighted by Crippen LogP contribution is -2.41. The molecule has 0 unspecified atom stereocenters. The van der Waals surface area contributed by atoms with Crippen molar-refractivity contribution in [3.63, 3.8) is 0 Å². The number of benzene rings is 1. The van der Waals surface area contributed by atoms with E-state index in [0.29, 0.717) is 18.5 Å². The first-order chi connectivity index (χ1) is 18.3. The lowest BCUT2D eigenvalue weighted by Gasteiger charge is -2.17. The standard InChI is InChI=1S/C25H25F4N5O5/c1-15(38-18-4-3-5-19(12-18)39-25(27,28)29)32-21-20(31-14-17-7-6-16(26)13-30-17)22(35)34(23(36)33(21)2)11-10-24(37)8-9-24/h3-7,12-13,31,37H,8-11,14H2,1-2H3. The molecule has 0 radical (unpaired) electrons. The van der Waals surface area contributed by atoms with Crippen LogP contribution in [0.2, 0.25) is 0 Å². The van der Waals surface area contributed by atoms with Gasteiger partial charge >= 0.3 is 12.1 Å². The van der Waals surface area contributed by atoms with Gasteiger partial charge in [0.15, 0.2) is 11.7 Å². The molecule has 0 saturated heterocycles. The summed E-state index contributed by atoms with van der Waals surface area (Å²) in [4.78, 5) is 34.6. The molecule has 208 valence electrons. The number of alkyl halides is 3. The molecule has 39 heavy (non-hydrogen) atoms. The zero-order valence-corrected chi connectivity index (χ0v) is 21.0. The van der Waals surface area contributed by atoms with E-state index in [1.54, 1.807) is 0 Å². The number of hydrogen-bond acceptors (Lipinski definition) is 8. The molecule has 0 amide bonds. The lowest BCUT2D eigenvalue weighted by atomic mass is 10.2. The first-order valence-electron chi connectivity index (χ1n) is 11.8. The van der Waals surface area contributed by atoms with Gasteiger partial charge in [-0.05, 0) is 43.5 Å². The highest BCUT2D eigenvalue weighted by molar-refractivity contribution is 5.81. The normalized spacial score (nSPS) is 14.7. The fraction of sp³-hybridized carbons (Fsp3) is 0.360. The maximum atomic E-state index is 13.4. The Labute approximate surface area is 219 Å². The molecule has 3 aromatic rings. The minimum absolute atomic E-state index is 0.0170. The molecule has 4 rings (SSSR count). The summed E-state index contributed by atoms with van der Waals surface area (Å²) in [5, 5.41) is 13.1. The molecule has 1 aliphatic carbocycles. The van der Waals surface area contributed by atoms with Crippen molar-refractivity contribution in [1.82, 2.24) is 14.1 Å². The van der Waals surface area contributed by atoms with Crippen molar-refractivity contribution in [1.29, 1.82) is 0 Å².